The summed E-state index contributed by atoms with van der Waals surface area (Å²) in [5.74, 6) is -1.34. The lowest BCUT2D eigenvalue weighted by atomic mass is 10.1. The summed E-state index contributed by atoms with van der Waals surface area (Å²) in [7, 11) is 0. The van der Waals surface area contributed by atoms with Gasteiger partial charge in [0.2, 0.25) is 11.8 Å². The van der Waals surface area contributed by atoms with Crippen molar-refractivity contribution in [2.75, 3.05) is 19.5 Å². The topological polar surface area (TPSA) is 103 Å². The molecule has 3 heterocycles. The number of thioether (sulfide) groups is 1. The smallest absolute Gasteiger partial charge is 0.230 e. The molecule has 0 amide bonds. The van der Waals surface area contributed by atoms with E-state index < -0.39 is 23.0 Å². The van der Waals surface area contributed by atoms with Crippen molar-refractivity contribution in [2.24, 2.45) is 5.73 Å². The van der Waals surface area contributed by atoms with Crippen LogP contribution in [0.15, 0.2) is 5.16 Å². The van der Waals surface area contributed by atoms with Gasteiger partial charge in [-0.05, 0) is 12.7 Å². The second-order valence-electron chi connectivity index (χ2n) is 4.96. The molecule has 1 aliphatic heterocycles. The Kier molecular flexibility index (Phi) is 4.72. The van der Waals surface area contributed by atoms with Crippen LogP contribution in [0, 0.1) is 5.82 Å². The van der Waals surface area contributed by atoms with Crippen molar-refractivity contribution < 1.29 is 19.0 Å². The highest BCUT2D eigenvalue weighted by Crippen LogP contribution is 2.36. The fourth-order valence-electron chi connectivity index (χ4n) is 2.25. The summed E-state index contributed by atoms with van der Waals surface area (Å²) >= 11 is 6.98. The molecule has 2 atom stereocenters. The van der Waals surface area contributed by atoms with Crippen LogP contribution in [-0.4, -0.2) is 51.7 Å². The summed E-state index contributed by atoms with van der Waals surface area (Å²) in [6.45, 7) is 0.814. The van der Waals surface area contributed by atoms with Crippen LogP contribution in [0.5, 0.6) is 11.8 Å². The zero-order chi connectivity index (χ0) is 16.6. The number of rotatable bonds is 3. The van der Waals surface area contributed by atoms with Crippen LogP contribution in [0.4, 0.5) is 4.39 Å². The summed E-state index contributed by atoms with van der Waals surface area (Å²) in [6.07, 6.45) is 1.84. The van der Waals surface area contributed by atoms with Crippen LogP contribution in [0.2, 0.25) is 5.15 Å². The summed E-state index contributed by atoms with van der Waals surface area (Å²) < 4.78 is 25.3. The number of ether oxygens (including phenoxy) is 2. The molecule has 1 fully saturated rings. The summed E-state index contributed by atoms with van der Waals surface area (Å²) in [6, 6.07) is -0.266. The van der Waals surface area contributed by atoms with Crippen LogP contribution in [0.25, 0.3) is 10.9 Å². The predicted molar refractivity (Wildman–Crippen MR) is 83.6 cm³/mol. The van der Waals surface area contributed by atoms with E-state index in [2.05, 4.69) is 15.0 Å². The quantitative estimate of drug-likeness (QED) is 0.484. The Bertz CT molecular complexity index is 751. The highest BCUT2D eigenvalue weighted by atomic mass is 35.5. The molecular formula is C13H14ClFN4O3S. The van der Waals surface area contributed by atoms with Crippen molar-refractivity contribution in [2.45, 2.75) is 23.7 Å². The number of halogens is 2. The highest BCUT2D eigenvalue weighted by Gasteiger charge is 2.28. The van der Waals surface area contributed by atoms with Gasteiger partial charge in [-0.15, -0.1) is 0 Å². The molecule has 1 saturated heterocycles. The first-order chi connectivity index (χ1) is 11.0. The number of nitrogens with two attached hydrogens (primary N) is 1. The SMILES string of the molecule is CSc1nc(O)c2c(O[C@H]3COCC[C@@H]3N)nc(Cl)c(F)c2n1. The fourth-order valence-corrected chi connectivity index (χ4v) is 2.77. The predicted octanol–water partition coefficient (Wildman–Crippen LogP) is 1.74. The Morgan fingerprint density at radius 2 is 2.22 bits per heavy atom. The van der Waals surface area contributed by atoms with E-state index >= 15 is 0 Å². The van der Waals surface area contributed by atoms with E-state index in [0.29, 0.717) is 13.0 Å². The first-order valence-electron chi connectivity index (χ1n) is 6.81. The van der Waals surface area contributed by atoms with Gasteiger partial charge in [-0.25, -0.2) is 9.37 Å². The van der Waals surface area contributed by atoms with Gasteiger partial charge in [0.15, 0.2) is 16.1 Å². The van der Waals surface area contributed by atoms with Crippen molar-refractivity contribution in [1.82, 2.24) is 15.0 Å². The van der Waals surface area contributed by atoms with Gasteiger partial charge in [-0.1, -0.05) is 23.4 Å². The van der Waals surface area contributed by atoms with Crippen LogP contribution < -0.4 is 10.5 Å². The van der Waals surface area contributed by atoms with Gasteiger partial charge in [0.25, 0.3) is 0 Å². The summed E-state index contributed by atoms with van der Waals surface area (Å²) in [5.41, 5.74) is 5.83. The second-order valence-corrected chi connectivity index (χ2v) is 6.09. The van der Waals surface area contributed by atoms with Gasteiger partial charge in [0.1, 0.15) is 17.0 Å². The maximum atomic E-state index is 14.2. The maximum Gasteiger partial charge on any atom is 0.230 e. The molecule has 3 N–H and O–H groups in total. The number of aromatic hydroxyl groups is 1. The molecule has 3 rings (SSSR count). The van der Waals surface area contributed by atoms with Crippen LogP contribution in [0.1, 0.15) is 6.42 Å². The third kappa shape index (κ3) is 3.14. The third-order valence-electron chi connectivity index (χ3n) is 3.47. The standard InChI is InChI=1S/C13H14ClFN4O3S/c1-23-13-17-9-7(11(20)19-13)12(18-10(14)8(9)15)22-6-4-21-3-2-5(6)16/h5-6H,2-4,16H2,1H3,(H,17,19,20)/t5-,6-/m0/s1. The highest BCUT2D eigenvalue weighted by molar-refractivity contribution is 7.98. The third-order valence-corrected chi connectivity index (χ3v) is 4.27. The molecule has 0 saturated carbocycles. The lowest BCUT2D eigenvalue weighted by Crippen LogP contribution is -2.46. The van der Waals surface area contributed by atoms with E-state index in [1.807, 2.05) is 0 Å². The van der Waals surface area contributed by atoms with E-state index in [0.717, 1.165) is 11.8 Å². The average Bonchev–Trinajstić information content (AvgIpc) is 2.53. The van der Waals surface area contributed by atoms with Gasteiger partial charge in [-0.3, -0.25) is 0 Å². The molecule has 2 aromatic heterocycles. The van der Waals surface area contributed by atoms with Crippen molar-refractivity contribution in [1.29, 1.82) is 0 Å². The number of hydrogen-bond donors (Lipinski definition) is 2. The number of fused-ring (bicyclic) bond motifs is 1. The van der Waals surface area contributed by atoms with Crippen molar-refractivity contribution >= 4 is 34.3 Å². The van der Waals surface area contributed by atoms with Crippen LogP contribution >= 0.6 is 23.4 Å². The zero-order valence-electron chi connectivity index (χ0n) is 12.1. The Morgan fingerprint density at radius 1 is 1.43 bits per heavy atom. The van der Waals surface area contributed by atoms with Gasteiger partial charge in [0.05, 0.1) is 6.61 Å². The minimum Gasteiger partial charge on any atom is -0.493 e. The molecule has 0 aromatic carbocycles. The average molecular weight is 361 g/mol. The first-order valence-corrected chi connectivity index (χ1v) is 8.41. The fraction of sp³-hybridized carbons (Fsp3) is 0.462. The van der Waals surface area contributed by atoms with Gasteiger partial charge < -0.3 is 20.3 Å². The Hall–Kier alpha value is -1.42. The van der Waals surface area contributed by atoms with Crippen LogP contribution in [0.3, 0.4) is 0 Å². The summed E-state index contributed by atoms with van der Waals surface area (Å²) in [5, 5.41) is 9.89. The van der Waals surface area contributed by atoms with Crippen molar-refractivity contribution in [3.8, 4) is 11.8 Å². The van der Waals surface area contributed by atoms with Gasteiger partial charge in [0, 0.05) is 12.6 Å². The van der Waals surface area contributed by atoms with Crippen molar-refractivity contribution in [3.05, 3.63) is 11.0 Å². The molecule has 0 spiro atoms. The Balaban J connectivity index is 2.11. The maximum absolute atomic E-state index is 14.2. The number of aromatic nitrogens is 3. The first kappa shape index (κ1) is 16.4. The monoisotopic (exact) mass is 360 g/mol. The number of nitrogens with zero attached hydrogens (tertiary/aromatic N) is 3. The van der Waals surface area contributed by atoms with Gasteiger partial charge >= 0.3 is 0 Å². The second kappa shape index (κ2) is 6.60. The molecule has 2 aromatic rings. The van der Waals surface area contributed by atoms with Crippen molar-refractivity contribution in [3.63, 3.8) is 0 Å². The number of pyridine rings is 1. The molecular weight excluding hydrogens is 347 g/mol. The Morgan fingerprint density at radius 3 is 2.91 bits per heavy atom. The molecule has 23 heavy (non-hydrogen) atoms. The van der Waals surface area contributed by atoms with E-state index in [-0.39, 0.29) is 34.6 Å². The minimum atomic E-state index is -0.841. The molecule has 0 aliphatic carbocycles. The number of hydrogen-bond acceptors (Lipinski definition) is 8. The Labute approximate surface area is 140 Å². The van der Waals surface area contributed by atoms with E-state index in [1.165, 1.54) is 0 Å². The summed E-state index contributed by atoms with van der Waals surface area (Å²) in [4.78, 5) is 11.8. The normalized spacial score (nSPS) is 21.6. The van der Waals surface area contributed by atoms with Gasteiger partial charge in [-0.2, -0.15) is 9.97 Å². The molecule has 0 unspecified atom stereocenters. The minimum absolute atomic E-state index is 0.0394. The van der Waals surface area contributed by atoms with Crippen LogP contribution in [-0.2, 0) is 4.74 Å². The molecule has 0 bridgehead atoms. The molecule has 10 heteroatoms. The molecule has 1 aliphatic rings. The lowest BCUT2D eigenvalue weighted by molar-refractivity contribution is -0.00657. The molecule has 7 nitrogen and oxygen atoms in total. The van der Waals surface area contributed by atoms with E-state index in [9.17, 15) is 9.50 Å². The zero-order valence-corrected chi connectivity index (χ0v) is 13.7. The lowest BCUT2D eigenvalue weighted by Gasteiger charge is -2.29. The molecule has 124 valence electrons. The molecule has 0 radical (unpaired) electrons. The largest absolute Gasteiger partial charge is 0.493 e. The van der Waals surface area contributed by atoms with E-state index in [4.69, 9.17) is 26.8 Å². The van der Waals surface area contributed by atoms with E-state index in [1.54, 1.807) is 6.26 Å².